The molecule has 0 radical (unpaired) electrons. The van der Waals surface area contributed by atoms with Crippen LogP contribution >= 0.6 is 11.8 Å². The number of hydrogen-bond donors (Lipinski definition) is 1. The molecule has 2 rings (SSSR count). The summed E-state index contributed by atoms with van der Waals surface area (Å²) in [6.45, 7) is 7.86. The summed E-state index contributed by atoms with van der Waals surface area (Å²) < 4.78 is 7.31. The summed E-state index contributed by atoms with van der Waals surface area (Å²) in [5.41, 5.74) is 0.942. The number of amides is 1. The van der Waals surface area contributed by atoms with E-state index in [1.54, 1.807) is 4.68 Å². The highest BCUT2D eigenvalue weighted by Crippen LogP contribution is 2.20. The zero-order chi connectivity index (χ0) is 18.1. The molecule has 1 N–H and O–H groups in total. The van der Waals surface area contributed by atoms with Gasteiger partial charge in [-0.05, 0) is 43.2 Å². The van der Waals surface area contributed by atoms with E-state index in [4.69, 9.17) is 4.74 Å². The minimum atomic E-state index is -0.210. The van der Waals surface area contributed by atoms with Gasteiger partial charge in [0.2, 0.25) is 11.1 Å². The van der Waals surface area contributed by atoms with Crippen LogP contribution in [-0.4, -0.2) is 45.0 Å². The molecule has 0 bridgehead atoms. The molecule has 8 heteroatoms. The predicted octanol–water partition coefficient (Wildman–Crippen LogP) is 2.24. The number of carbonyl (C=O) groups excluding carboxylic acids is 1. The quantitative estimate of drug-likeness (QED) is 0.543. The van der Waals surface area contributed by atoms with E-state index in [0.29, 0.717) is 30.7 Å². The van der Waals surface area contributed by atoms with Crippen molar-refractivity contribution in [3.8, 4) is 0 Å². The SMILES string of the molecule is CC(C)(C)n1nnnc1SCC(=O)NCCCOCc1ccccc1. The second-order valence-corrected chi connectivity index (χ2v) is 7.52. The van der Waals surface area contributed by atoms with E-state index in [-0.39, 0.29) is 11.4 Å². The van der Waals surface area contributed by atoms with Gasteiger partial charge in [-0.1, -0.05) is 42.1 Å². The lowest BCUT2D eigenvalue weighted by molar-refractivity contribution is -0.118. The van der Waals surface area contributed by atoms with Crippen molar-refractivity contribution in [2.24, 2.45) is 0 Å². The molecule has 1 aromatic carbocycles. The number of nitrogens with zero attached hydrogens (tertiary/aromatic N) is 4. The van der Waals surface area contributed by atoms with Gasteiger partial charge in [0.1, 0.15) is 0 Å². The highest BCUT2D eigenvalue weighted by atomic mass is 32.2. The standard InChI is InChI=1S/C17H25N5O2S/c1-17(2,3)22-16(19-20-21-22)25-13-15(23)18-10-7-11-24-12-14-8-5-4-6-9-14/h4-6,8-9H,7,10-13H2,1-3H3,(H,18,23). The molecule has 0 saturated heterocycles. The van der Waals surface area contributed by atoms with E-state index in [1.807, 2.05) is 51.1 Å². The fraction of sp³-hybridized carbons (Fsp3) is 0.529. The fourth-order valence-corrected chi connectivity index (χ4v) is 2.93. The zero-order valence-electron chi connectivity index (χ0n) is 14.9. The number of nitrogens with one attached hydrogen (secondary N) is 1. The van der Waals surface area contributed by atoms with Crippen LogP contribution in [0, 0.1) is 0 Å². The molecule has 0 saturated carbocycles. The average Bonchev–Trinajstić information content (AvgIpc) is 3.06. The van der Waals surface area contributed by atoms with Gasteiger partial charge in [0.25, 0.3) is 0 Å². The highest BCUT2D eigenvalue weighted by Gasteiger charge is 2.20. The Morgan fingerprint density at radius 1 is 1.28 bits per heavy atom. The Morgan fingerprint density at radius 3 is 2.76 bits per heavy atom. The monoisotopic (exact) mass is 363 g/mol. The Hall–Kier alpha value is -1.93. The van der Waals surface area contributed by atoms with Gasteiger partial charge in [-0.2, -0.15) is 0 Å². The Bertz CT molecular complexity index is 655. The van der Waals surface area contributed by atoms with Crippen LogP contribution in [0.2, 0.25) is 0 Å². The third kappa shape index (κ3) is 6.83. The topological polar surface area (TPSA) is 81.9 Å². The van der Waals surface area contributed by atoms with Gasteiger partial charge in [0.05, 0.1) is 17.9 Å². The molecule has 0 atom stereocenters. The first-order valence-corrected chi connectivity index (χ1v) is 9.25. The molecule has 0 aliphatic heterocycles. The van der Waals surface area contributed by atoms with Gasteiger partial charge in [0.15, 0.2) is 0 Å². The first-order chi connectivity index (χ1) is 12.0. The Labute approximate surface area is 152 Å². The summed E-state index contributed by atoms with van der Waals surface area (Å²) in [4.78, 5) is 11.9. The number of tetrazole rings is 1. The second kappa shape index (κ2) is 9.53. The maximum Gasteiger partial charge on any atom is 0.230 e. The van der Waals surface area contributed by atoms with Gasteiger partial charge < -0.3 is 10.1 Å². The number of aromatic nitrogens is 4. The first kappa shape index (κ1) is 19.4. The van der Waals surface area contributed by atoms with E-state index in [0.717, 1.165) is 12.0 Å². The minimum Gasteiger partial charge on any atom is -0.377 e. The van der Waals surface area contributed by atoms with Crippen LogP contribution in [-0.2, 0) is 21.7 Å². The Kier molecular flexibility index (Phi) is 7.39. The second-order valence-electron chi connectivity index (χ2n) is 6.57. The number of benzene rings is 1. The average molecular weight is 363 g/mol. The van der Waals surface area contributed by atoms with Crippen LogP contribution in [0.25, 0.3) is 0 Å². The van der Waals surface area contributed by atoms with E-state index >= 15 is 0 Å². The molecule has 1 amide bonds. The van der Waals surface area contributed by atoms with Crippen molar-refractivity contribution in [1.29, 1.82) is 0 Å². The summed E-state index contributed by atoms with van der Waals surface area (Å²) in [6.07, 6.45) is 0.781. The molecule has 0 unspecified atom stereocenters. The van der Waals surface area contributed by atoms with Crippen LogP contribution in [0.4, 0.5) is 0 Å². The maximum absolute atomic E-state index is 11.9. The summed E-state index contributed by atoms with van der Waals surface area (Å²) in [5, 5.41) is 15.2. The van der Waals surface area contributed by atoms with Crippen molar-refractivity contribution in [1.82, 2.24) is 25.5 Å². The van der Waals surface area contributed by atoms with E-state index < -0.39 is 0 Å². The third-order valence-electron chi connectivity index (χ3n) is 3.31. The van der Waals surface area contributed by atoms with Crippen LogP contribution in [0.5, 0.6) is 0 Å². The van der Waals surface area contributed by atoms with Crippen molar-refractivity contribution < 1.29 is 9.53 Å². The summed E-state index contributed by atoms with van der Waals surface area (Å²) in [7, 11) is 0. The summed E-state index contributed by atoms with van der Waals surface area (Å²) in [6, 6.07) is 10.0. The van der Waals surface area contributed by atoms with Gasteiger partial charge in [-0.25, -0.2) is 4.68 Å². The summed E-state index contributed by atoms with van der Waals surface area (Å²) >= 11 is 1.34. The van der Waals surface area contributed by atoms with Gasteiger partial charge in [-0.3, -0.25) is 4.79 Å². The lowest BCUT2D eigenvalue weighted by atomic mass is 10.1. The van der Waals surface area contributed by atoms with Crippen molar-refractivity contribution >= 4 is 17.7 Å². The number of ether oxygens (including phenoxy) is 1. The largest absolute Gasteiger partial charge is 0.377 e. The molecule has 0 spiro atoms. The molecular formula is C17H25N5O2S. The lowest BCUT2D eigenvalue weighted by Crippen LogP contribution is -2.28. The number of hydrogen-bond acceptors (Lipinski definition) is 6. The zero-order valence-corrected chi connectivity index (χ0v) is 15.8. The van der Waals surface area contributed by atoms with Crippen molar-refractivity contribution in [3.63, 3.8) is 0 Å². The molecule has 0 aliphatic carbocycles. The van der Waals surface area contributed by atoms with Gasteiger partial charge >= 0.3 is 0 Å². The molecule has 1 aromatic heterocycles. The molecular weight excluding hydrogens is 338 g/mol. The molecule has 7 nitrogen and oxygen atoms in total. The van der Waals surface area contributed by atoms with Gasteiger partial charge in [-0.15, -0.1) is 5.10 Å². The summed E-state index contributed by atoms with van der Waals surface area (Å²) in [5.74, 6) is 0.262. The minimum absolute atomic E-state index is 0.0310. The Morgan fingerprint density at radius 2 is 2.04 bits per heavy atom. The van der Waals surface area contributed by atoms with Crippen LogP contribution in [0.3, 0.4) is 0 Å². The molecule has 136 valence electrons. The molecule has 1 heterocycles. The van der Waals surface area contributed by atoms with Crippen molar-refractivity contribution in [2.45, 2.75) is 44.5 Å². The predicted molar refractivity (Wildman–Crippen MR) is 97.3 cm³/mol. The lowest BCUT2D eigenvalue weighted by Gasteiger charge is -2.19. The smallest absolute Gasteiger partial charge is 0.230 e. The highest BCUT2D eigenvalue weighted by molar-refractivity contribution is 7.99. The number of thioether (sulfide) groups is 1. The Balaban J connectivity index is 1.58. The van der Waals surface area contributed by atoms with Gasteiger partial charge in [0, 0.05) is 13.2 Å². The third-order valence-corrected chi connectivity index (χ3v) is 4.23. The van der Waals surface area contributed by atoms with E-state index in [9.17, 15) is 4.79 Å². The molecule has 25 heavy (non-hydrogen) atoms. The number of carbonyl (C=O) groups is 1. The van der Waals surface area contributed by atoms with Crippen LogP contribution in [0.1, 0.15) is 32.8 Å². The fourth-order valence-electron chi connectivity index (χ4n) is 2.04. The molecule has 0 aliphatic rings. The van der Waals surface area contributed by atoms with Crippen molar-refractivity contribution in [3.05, 3.63) is 35.9 Å². The van der Waals surface area contributed by atoms with Crippen LogP contribution < -0.4 is 5.32 Å². The van der Waals surface area contributed by atoms with Crippen LogP contribution in [0.15, 0.2) is 35.5 Å². The number of rotatable bonds is 9. The molecule has 0 fully saturated rings. The van der Waals surface area contributed by atoms with E-state index in [1.165, 1.54) is 11.8 Å². The first-order valence-electron chi connectivity index (χ1n) is 8.27. The maximum atomic E-state index is 11.9. The normalized spacial score (nSPS) is 11.5. The molecule has 2 aromatic rings. The van der Waals surface area contributed by atoms with Crippen molar-refractivity contribution in [2.75, 3.05) is 18.9 Å². The van der Waals surface area contributed by atoms with E-state index in [2.05, 4.69) is 20.8 Å².